The predicted molar refractivity (Wildman–Crippen MR) is 85.1 cm³/mol. The number of hydrogen-bond donors (Lipinski definition) is 1. The number of carbonyl (C=O) groups is 1. The zero-order chi connectivity index (χ0) is 14.7. The van der Waals surface area contributed by atoms with Gasteiger partial charge < -0.3 is 9.88 Å². The van der Waals surface area contributed by atoms with E-state index in [1.54, 1.807) is 0 Å². The van der Waals surface area contributed by atoms with Crippen molar-refractivity contribution in [3.05, 3.63) is 22.4 Å². The van der Waals surface area contributed by atoms with Gasteiger partial charge in [-0.1, -0.05) is 6.92 Å². The fraction of sp³-hybridized carbons (Fsp3) is 0.667. The van der Waals surface area contributed by atoms with E-state index in [1.807, 2.05) is 16.8 Å². The Balaban J connectivity index is 1.88. The Bertz CT molecular complexity index is 466. The summed E-state index contributed by atoms with van der Waals surface area (Å²) in [6.45, 7) is 9.06. The van der Waals surface area contributed by atoms with Gasteiger partial charge >= 0.3 is 0 Å². The third-order valence-corrected chi connectivity index (χ3v) is 4.19. The van der Waals surface area contributed by atoms with Gasteiger partial charge in [-0.25, -0.2) is 0 Å². The van der Waals surface area contributed by atoms with Crippen LogP contribution < -0.4 is 5.32 Å². The van der Waals surface area contributed by atoms with Crippen molar-refractivity contribution in [2.75, 3.05) is 19.6 Å². The quantitative estimate of drug-likeness (QED) is 0.827. The molecule has 0 saturated heterocycles. The van der Waals surface area contributed by atoms with E-state index in [0.29, 0.717) is 6.54 Å². The van der Waals surface area contributed by atoms with Crippen molar-refractivity contribution < 1.29 is 4.79 Å². The molecule has 5 heteroatoms. The molecule has 1 fully saturated rings. The molecule has 1 heterocycles. The van der Waals surface area contributed by atoms with E-state index in [9.17, 15) is 4.79 Å². The lowest BCUT2D eigenvalue weighted by atomic mass is 10.3. The molecule has 0 spiro atoms. The Kier molecular flexibility index (Phi) is 5.27. The van der Waals surface area contributed by atoms with Gasteiger partial charge in [-0.3, -0.25) is 9.69 Å². The largest absolute Gasteiger partial charge is 0.349 e. The van der Waals surface area contributed by atoms with E-state index >= 15 is 0 Å². The second-order valence-electron chi connectivity index (χ2n) is 5.66. The molecule has 1 aromatic heterocycles. The number of halogens is 1. The van der Waals surface area contributed by atoms with Crippen LogP contribution >= 0.6 is 15.9 Å². The lowest BCUT2D eigenvalue weighted by Gasteiger charge is -2.20. The molecule has 0 unspecified atom stereocenters. The van der Waals surface area contributed by atoms with Crippen molar-refractivity contribution in [1.82, 2.24) is 14.8 Å². The van der Waals surface area contributed by atoms with Crippen molar-refractivity contribution in [1.29, 1.82) is 0 Å². The summed E-state index contributed by atoms with van der Waals surface area (Å²) in [6, 6.07) is 2.92. The van der Waals surface area contributed by atoms with Crippen LogP contribution in [-0.2, 0) is 0 Å². The fourth-order valence-corrected chi connectivity index (χ4v) is 2.93. The maximum atomic E-state index is 12.3. The summed E-state index contributed by atoms with van der Waals surface area (Å²) >= 11 is 3.44. The van der Waals surface area contributed by atoms with E-state index in [0.717, 1.165) is 29.3 Å². The highest BCUT2D eigenvalue weighted by molar-refractivity contribution is 9.10. The first-order valence-electron chi connectivity index (χ1n) is 7.42. The maximum Gasteiger partial charge on any atom is 0.268 e. The molecule has 1 aliphatic rings. The zero-order valence-corrected chi connectivity index (χ0v) is 14.1. The van der Waals surface area contributed by atoms with Crippen molar-refractivity contribution >= 4 is 21.8 Å². The summed E-state index contributed by atoms with van der Waals surface area (Å²) in [5, 5.41) is 3.03. The third-order valence-electron chi connectivity index (χ3n) is 3.76. The topological polar surface area (TPSA) is 37.3 Å². The van der Waals surface area contributed by atoms with Crippen LogP contribution in [0.2, 0.25) is 0 Å². The van der Waals surface area contributed by atoms with E-state index in [2.05, 4.69) is 46.9 Å². The van der Waals surface area contributed by atoms with Crippen LogP contribution in [0.25, 0.3) is 0 Å². The lowest BCUT2D eigenvalue weighted by Crippen LogP contribution is -2.36. The van der Waals surface area contributed by atoms with Gasteiger partial charge in [-0.05, 0) is 55.2 Å². The van der Waals surface area contributed by atoms with Crippen LogP contribution in [0.5, 0.6) is 0 Å². The van der Waals surface area contributed by atoms with Gasteiger partial charge in [0.05, 0.1) is 0 Å². The van der Waals surface area contributed by atoms with Crippen molar-refractivity contribution in [2.45, 2.75) is 45.7 Å². The summed E-state index contributed by atoms with van der Waals surface area (Å²) in [5.41, 5.74) is 0.723. The number of nitrogens with one attached hydrogen (secondary N) is 1. The second-order valence-corrected chi connectivity index (χ2v) is 6.58. The molecule has 4 nitrogen and oxygen atoms in total. The van der Waals surface area contributed by atoms with E-state index in [-0.39, 0.29) is 11.9 Å². The van der Waals surface area contributed by atoms with Crippen LogP contribution in [0.1, 0.15) is 50.1 Å². The summed E-state index contributed by atoms with van der Waals surface area (Å²) in [4.78, 5) is 14.7. The van der Waals surface area contributed by atoms with Crippen LogP contribution in [0.15, 0.2) is 16.7 Å². The summed E-state index contributed by atoms with van der Waals surface area (Å²) in [6.07, 6.45) is 4.58. The molecular weight excluding hydrogens is 318 g/mol. The normalized spacial score (nSPS) is 15.1. The Morgan fingerprint density at radius 1 is 1.55 bits per heavy atom. The Hall–Kier alpha value is -0.810. The monoisotopic (exact) mass is 341 g/mol. The lowest BCUT2D eigenvalue weighted by molar-refractivity contribution is 0.0937. The number of likely N-dealkylation sites (N-methyl/N-ethyl adjacent to an activating group) is 1. The highest BCUT2D eigenvalue weighted by Crippen LogP contribution is 2.25. The predicted octanol–water partition coefficient (Wildman–Crippen LogP) is 3.05. The third kappa shape index (κ3) is 3.85. The minimum absolute atomic E-state index is 0.0104. The van der Waals surface area contributed by atoms with Gasteiger partial charge in [0.2, 0.25) is 0 Å². The first-order chi connectivity index (χ1) is 9.52. The van der Waals surface area contributed by atoms with Gasteiger partial charge in [-0.15, -0.1) is 0 Å². The van der Waals surface area contributed by atoms with Crippen LogP contribution in [-0.4, -0.2) is 41.1 Å². The zero-order valence-electron chi connectivity index (χ0n) is 12.5. The van der Waals surface area contributed by atoms with E-state index in [4.69, 9.17) is 0 Å². The molecule has 1 aliphatic carbocycles. The summed E-state index contributed by atoms with van der Waals surface area (Å²) in [5.74, 6) is 0.0104. The average molecular weight is 342 g/mol. The minimum Gasteiger partial charge on any atom is -0.349 e. The number of nitrogens with zero attached hydrogens (tertiary/aromatic N) is 2. The van der Waals surface area contributed by atoms with Crippen molar-refractivity contribution in [2.24, 2.45) is 0 Å². The van der Waals surface area contributed by atoms with Gasteiger partial charge in [0, 0.05) is 35.8 Å². The Labute approximate surface area is 129 Å². The first kappa shape index (κ1) is 15.6. The molecule has 0 aliphatic heterocycles. The first-order valence-corrected chi connectivity index (χ1v) is 8.21. The molecule has 1 amide bonds. The molecule has 0 aromatic carbocycles. The van der Waals surface area contributed by atoms with Crippen molar-refractivity contribution in [3.63, 3.8) is 0 Å². The Morgan fingerprint density at radius 3 is 2.80 bits per heavy atom. The molecule has 2 rings (SSSR count). The van der Waals surface area contributed by atoms with E-state index in [1.165, 1.54) is 12.8 Å². The van der Waals surface area contributed by atoms with E-state index < -0.39 is 0 Å². The fourth-order valence-electron chi connectivity index (χ4n) is 2.50. The molecule has 112 valence electrons. The number of aromatic nitrogens is 1. The minimum atomic E-state index is 0.0104. The number of hydrogen-bond acceptors (Lipinski definition) is 2. The van der Waals surface area contributed by atoms with Crippen LogP contribution in [0.4, 0.5) is 0 Å². The molecular formula is C15H24BrN3O. The number of carbonyl (C=O) groups excluding carboxylic acids is 1. The van der Waals surface area contributed by atoms with Crippen molar-refractivity contribution in [3.8, 4) is 0 Å². The molecule has 0 bridgehead atoms. The van der Waals surface area contributed by atoms with Gasteiger partial charge in [0.15, 0.2) is 0 Å². The van der Waals surface area contributed by atoms with Gasteiger partial charge in [-0.2, -0.15) is 0 Å². The summed E-state index contributed by atoms with van der Waals surface area (Å²) < 4.78 is 2.95. The highest BCUT2D eigenvalue weighted by Gasteiger charge is 2.27. The Morgan fingerprint density at radius 2 is 2.25 bits per heavy atom. The summed E-state index contributed by atoms with van der Waals surface area (Å²) in [7, 11) is 0. The molecule has 0 radical (unpaired) electrons. The average Bonchev–Trinajstić information content (AvgIpc) is 3.16. The highest BCUT2D eigenvalue weighted by atomic mass is 79.9. The van der Waals surface area contributed by atoms with Gasteiger partial charge in [0.25, 0.3) is 5.91 Å². The smallest absolute Gasteiger partial charge is 0.268 e. The molecule has 1 saturated carbocycles. The number of amides is 1. The SMILES string of the molecule is CCN(CCNC(=O)c1cc(Br)cn1C(C)C)C1CC1. The maximum absolute atomic E-state index is 12.3. The molecule has 1 N–H and O–H groups in total. The van der Waals surface area contributed by atoms with Gasteiger partial charge in [0.1, 0.15) is 5.69 Å². The molecule has 0 atom stereocenters. The number of rotatable bonds is 7. The standard InChI is InChI=1S/C15H24BrN3O/c1-4-18(13-5-6-13)8-7-17-15(20)14-9-12(16)10-19(14)11(2)3/h9-11,13H,4-8H2,1-3H3,(H,17,20). The molecule has 20 heavy (non-hydrogen) atoms. The molecule has 1 aromatic rings. The van der Waals surface area contributed by atoms with Crippen LogP contribution in [0.3, 0.4) is 0 Å². The second kappa shape index (κ2) is 6.76. The van der Waals surface area contributed by atoms with Crippen LogP contribution in [0, 0.1) is 0 Å².